The van der Waals surface area contributed by atoms with Crippen molar-refractivity contribution in [3.8, 4) is 11.5 Å². The van der Waals surface area contributed by atoms with E-state index in [1.54, 1.807) is 0 Å². The largest absolute Gasteiger partial charge is 0.477 e. The zero-order valence-electron chi connectivity index (χ0n) is 9.90. The molecule has 0 aliphatic carbocycles. The highest BCUT2D eigenvalue weighted by Gasteiger charge is 2.35. The van der Waals surface area contributed by atoms with E-state index >= 15 is 0 Å². The van der Waals surface area contributed by atoms with Crippen LogP contribution >= 0.6 is 7.59 Å². The van der Waals surface area contributed by atoms with E-state index in [0.29, 0.717) is 11.5 Å². The van der Waals surface area contributed by atoms with Gasteiger partial charge in [0.2, 0.25) is 0 Å². The smallest absolute Gasteiger partial charge is 0.326 e. The Morgan fingerprint density at radius 1 is 0.833 bits per heavy atom. The van der Waals surface area contributed by atoms with E-state index < -0.39 is 7.59 Å². The van der Waals surface area contributed by atoms with Gasteiger partial charge in [-0.3, -0.25) is 0 Å². The Morgan fingerprint density at radius 3 is 1.56 bits per heavy atom. The zero-order chi connectivity index (χ0) is 12.8. The molecule has 0 saturated carbocycles. The number of hydrogen-bond donors (Lipinski definition) is 0. The van der Waals surface area contributed by atoms with E-state index in [9.17, 15) is 0 Å². The van der Waals surface area contributed by atoms with Gasteiger partial charge in [-0.2, -0.15) is 0 Å². The van der Waals surface area contributed by atoms with E-state index in [4.69, 9.17) is 16.6 Å². The van der Waals surface area contributed by atoms with Crippen molar-refractivity contribution in [2.24, 2.45) is 0 Å². The number of benzene rings is 2. The Labute approximate surface area is 109 Å². The summed E-state index contributed by atoms with van der Waals surface area (Å²) >= 11 is 0. The first-order valence-electron chi connectivity index (χ1n) is 5.52. The van der Waals surface area contributed by atoms with Crippen LogP contribution in [0.2, 0.25) is 0 Å². The molecule has 2 radical (unpaired) electrons. The van der Waals surface area contributed by atoms with E-state index in [2.05, 4.69) is 6.58 Å². The minimum Gasteiger partial charge on any atom is -0.326 e. The number of rotatable bonds is 5. The van der Waals surface area contributed by atoms with Crippen molar-refractivity contribution in [1.29, 1.82) is 0 Å². The predicted octanol–water partition coefficient (Wildman–Crippen LogP) is 4.22. The van der Waals surface area contributed by atoms with Crippen LogP contribution in [0.15, 0.2) is 73.1 Å². The second kappa shape index (κ2) is 5.75. The fourth-order valence-electron chi connectivity index (χ4n) is 1.39. The number of para-hydroxylation sites is 2. The average molecular weight is 255 g/mol. The Hall–Kier alpha value is -1.73. The van der Waals surface area contributed by atoms with Crippen molar-refractivity contribution in [3.05, 3.63) is 73.1 Å². The summed E-state index contributed by atoms with van der Waals surface area (Å²) in [5.74, 6) is 2.88. The molecule has 2 nitrogen and oxygen atoms in total. The summed E-state index contributed by atoms with van der Waals surface area (Å²) in [4.78, 5) is 0. The van der Waals surface area contributed by atoms with Crippen LogP contribution in [0.5, 0.6) is 11.5 Å². The molecule has 0 unspecified atom stereocenters. The standard InChI is InChI=1S/C14H13BO2P/c1-2-18(15,16-13-9-5-3-6-10-13)17-14-11-7-4-8-12-14/h2-12H,1H2/q+1. The van der Waals surface area contributed by atoms with Gasteiger partial charge in [0.15, 0.2) is 11.5 Å². The van der Waals surface area contributed by atoms with Gasteiger partial charge in [-0.1, -0.05) is 43.0 Å². The van der Waals surface area contributed by atoms with Gasteiger partial charge in [0.05, 0.1) is 0 Å². The summed E-state index contributed by atoms with van der Waals surface area (Å²) in [6.07, 6.45) is 0. The topological polar surface area (TPSA) is 18.5 Å². The summed E-state index contributed by atoms with van der Waals surface area (Å²) < 4.78 is 11.4. The fraction of sp³-hybridized carbons (Fsp3) is 0. The third-order valence-electron chi connectivity index (χ3n) is 2.24. The van der Waals surface area contributed by atoms with Gasteiger partial charge in [-0.15, -0.1) is 0 Å². The molecule has 4 heteroatoms. The second-order valence-corrected chi connectivity index (χ2v) is 5.66. The Balaban J connectivity index is 2.13. The third-order valence-corrected chi connectivity index (χ3v) is 3.74. The lowest BCUT2D eigenvalue weighted by Crippen LogP contribution is -2.06. The SMILES string of the molecule is [B][P+](C=C)(Oc1ccccc1)Oc1ccccc1. The molecule has 18 heavy (non-hydrogen) atoms. The highest BCUT2D eigenvalue weighted by molar-refractivity contribution is 7.92. The normalized spacial score (nSPS) is 10.7. The van der Waals surface area contributed by atoms with Crippen molar-refractivity contribution >= 4 is 15.2 Å². The van der Waals surface area contributed by atoms with Gasteiger partial charge in [-0.25, -0.2) is 0 Å². The van der Waals surface area contributed by atoms with Crippen LogP contribution in [0, 0.1) is 0 Å². The molecule has 0 aliphatic rings. The van der Waals surface area contributed by atoms with Crippen LogP contribution in [0.3, 0.4) is 0 Å². The van der Waals surface area contributed by atoms with Gasteiger partial charge < -0.3 is 9.05 Å². The van der Waals surface area contributed by atoms with Gasteiger partial charge in [0.25, 0.3) is 0 Å². The Kier molecular flexibility index (Phi) is 4.06. The minimum atomic E-state index is -2.63. The van der Waals surface area contributed by atoms with E-state index in [1.807, 2.05) is 60.7 Å². The molecule has 0 atom stereocenters. The lowest BCUT2D eigenvalue weighted by molar-refractivity contribution is 0.492. The maximum atomic E-state index is 6.11. The molecule has 2 aromatic carbocycles. The van der Waals surface area contributed by atoms with Gasteiger partial charge in [0.1, 0.15) is 5.82 Å². The maximum Gasteiger partial charge on any atom is 0.477 e. The van der Waals surface area contributed by atoms with Crippen LogP contribution in [-0.2, 0) is 0 Å². The van der Waals surface area contributed by atoms with Crippen LogP contribution < -0.4 is 9.05 Å². The molecule has 0 aliphatic heterocycles. The fourth-order valence-corrected chi connectivity index (χ4v) is 2.47. The van der Waals surface area contributed by atoms with E-state index in [-0.39, 0.29) is 0 Å². The van der Waals surface area contributed by atoms with Crippen molar-refractivity contribution in [2.45, 2.75) is 0 Å². The van der Waals surface area contributed by atoms with Crippen LogP contribution in [0.1, 0.15) is 0 Å². The zero-order valence-corrected chi connectivity index (χ0v) is 10.8. The minimum absolute atomic E-state index is 0.671. The first-order chi connectivity index (χ1) is 8.72. The molecule has 0 aromatic heterocycles. The van der Waals surface area contributed by atoms with Gasteiger partial charge in [-0.05, 0) is 24.3 Å². The summed E-state index contributed by atoms with van der Waals surface area (Å²) in [6.45, 7) is 3.70. The van der Waals surface area contributed by atoms with Crippen LogP contribution in [0.25, 0.3) is 0 Å². The highest BCUT2D eigenvalue weighted by atomic mass is 31.2. The number of hydrogen-bond acceptors (Lipinski definition) is 2. The maximum absolute atomic E-state index is 6.11. The first kappa shape index (κ1) is 12.7. The molecule has 0 heterocycles. The summed E-state index contributed by atoms with van der Waals surface area (Å²) in [6, 6.07) is 18.7. The first-order valence-corrected chi connectivity index (χ1v) is 7.28. The van der Waals surface area contributed by atoms with Crippen molar-refractivity contribution in [1.82, 2.24) is 0 Å². The molecule has 88 valence electrons. The Bertz CT molecular complexity index is 460. The quantitative estimate of drug-likeness (QED) is 0.588. The van der Waals surface area contributed by atoms with Crippen molar-refractivity contribution < 1.29 is 9.05 Å². The van der Waals surface area contributed by atoms with Crippen LogP contribution in [-0.4, -0.2) is 7.57 Å². The summed E-state index contributed by atoms with van der Waals surface area (Å²) in [7, 11) is 3.48. The molecule has 0 amide bonds. The lowest BCUT2D eigenvalue weighted by atomic mass is 10.3. The lowest BCUT2D eigenvalue weighted by Gasteiger charge is -2.18. The third kappa shape index (κ3) is 3.38. The van der Waals surface area contributed by atoms with E-state index in [0.717, 1.165) is 0 Å². The molecule has 2 rings (SSSR count). The second-order valence-electron chi connectivity index (χ2n) is 3.64. The van der Waals surface area contributed by atoms with E-state index in [1.165, 1.54) is 5.82 Å². The molecule has 2 aromatic rings. The average Bonchev–Trinajstić information content (AvgIpc) is 2.41. The molecule has 0 fully saturated rings. The Morgan fingerprint density at radius 2 is 1.22 bits per heavy atom. The summed E-state index contributed by atoms with van der Waals surface area (Å²) in [5.41, 5.74) is 0. The predicted molar refractivity (Wildman–Crippen MR) is 77.0 cm³/mol. The molecule has 0 saturated heterocycles. The van der Waals surface area contributed by atoms with Crippen molar-refractivity contribution in [2.75, 3.05) is 0 Å². The summed E-state index contributed by atoms with van der Waals surface area (Å²) in [5, 5.41) is 0. The van der Waals surface area contributed by atoms with Gasteiger partial charge in [0, 0.05) is 0 Å². The highest BCUT2D eigenvalue weighted by Crippen LogP contribution is 2.56. The molecule has 0 bridgehead atoms. The van der Waals surface area contributed by atoms with Crippen LogP contribution in [0.4, 0.5) is 0 Å². The molecule has 0 spiro atoms. The monoisotopic (exact) mass is 255 g/mol. The molecular formula is C14H13BO2P+. The van der Waals surface area contributed by atoms with Crippen molar-refractivity contribution in [3.63, 3.8) is 0 Å². The van der Waals surface area contributed by atoms with Gasteiger partial charge >= 0.3 is 15.2 Å². The molecular weight excluding hydrogens is 242 g/mol. The molecule has 0 N–H and O–H groups in total.